The van der Waals surface area contributed by atoms with Gasteiger partial charge in [-0.15, -0.1) is 0 Å². The van der Waals surface area contributed by atoms with Crippen LogP contribution in [0.1, 0.15) is 23.2 Å². The molecule has 0 spiro atoms. The molecular weight excluding hydrogens is 426 g/mol. The Bertz CT molecular complexity index is 1110. The van der Waals surface area contributed by atoms with Crippen LogP contribution in [0.25, 0.3) is 0 Å². The summed E-state index contributed by atoms with van der Waals surface area (Å²) in [5.41, 5.74) is 5.37. The lowest BCUT2D eigenvalue weighted by Gasteiger charge is -2.17. The van der Waals surface area contributed by atoms with Crippen molar-refractivity contribution < 1.29 is 21.6 Å². The first-order valence-corrected chi connectivity index (χ1v) is 11.6. The third-order valence-electron chi connectivity index (χ3n) is 4.32. The van der Waals surface area contributed by atoms with Crippen LogP contribution in [0.5, 0.6) is 0 Å². The van der Waals surface area contributed by atoms with E-state index in [0.29, 0.717) is 13.1 Å². The van der Waals surface area contributed by atoms with Crippen LogP contribution in [-0.2, 0) is 20.0 Å². The average Bonchev–Trinajstić information content (AvgIpc) is 3.18. The molecule has 1 aliphatic rings. The Hall–Kier alpha value is -2.14. The molecule has 1 aliphatic heterocycles. The predicted molar refractivity (Wildman–Crippen MR) is 105 cm³/mol. The normalized spacial score (nSPS) is 15.5. The van der Waals surface area contributed by atoms with Crippen LogP contribution in [-0.4, -0.2) is 40.1 Å². The molecule has 8 nitrogen and oxygen atoms in total. The van der Waals surface area contributed by atoms with Gasteiger partial charge in [0, 0.05) is 18.7 Å². The van der Waals surface area contributed by atoms with Crippen molar-refractivity contribution in [2.24, 2.45) is 5.73 Å². The molecule has 0 atom stereocenters. The monoisotopic (exact) mass is 443 g/mol. The predicted octanol–water partition coefficient (Wildman–Crippen LogP) is 2.02. The number of hydrogen-bond acceptors (Lipinski definition) is 5. The number of nitrogens with one attached hydrogen (secondary N) is 1. The molecule has 1 fully saturated rings. The highest BCUT2D eigenvalue weighted by atomic mass is 35.5. The fraction of sp³-hybridized carbons (Fsp3) is 0.235. The lowest BCUT2D eigenvalue weighted by Crippen LogP contribution is -2.28. The summed E-state index contributed by atoms with van der Waals surface area (Å²) >= 11 is 6.07. The number of nitrogens with zero attached hydrogens (tertiary/aromatic N) is 1. The lowest BCUT2D eigenvalue weighted by atomic mass is 10.2. The van der Waals surface area contributed by atoms with Gasteiger partial charge in [-0.3, -0.25) is 9.52 Å². The number of sulfonamides is 2. The highest BCUT2D eigenvalue weighted by molar-refractivity contribution is 7.92. The molecule has 0 unspecified atom stereocenters. The van der Waals surface area contributed by atoms with E-state index in [-0.39, 0.29) is 26.1 Å². The largest absolute Gasteiger partial charge is 0.366 e. The smallest absolute Gasteiger partial charge is 0.261 e. The molecule has 2 aromatic carbocycles. The summed E-state index contributed by atoms with van der Waals surface area (Å²) in [7, 11) is -7.82. The molecule has 3 N–H and O–H groups in total. The van der Waals surface area contributed by atoms with E-state index in [1.54, 1.807) is 0 Å². The van der Waals surface area contributed by atoms with Gasteiger partial charge < -0.3 is 5.73 Å². The van der Waals surface area contributed by atoms with Gasteiger partial charge in [0.05, 0.1) is 15.6 Å². The van der Waals surface area contributed by atoms with E-state index < -0.39 is 26.0 Å². The van der Waals surface area contributed by atoms with Gasteiger partial charge in [0.2, 0.25) is 15.9 Å². The van der Waals surface area contributed by atoms with Gasteiger partial charge >= 0.3 is 0 Å². The maximum Gasteiger partial charge on any atom is 0.261 e. The molecule has 1 saturated heterocycles. The quantitative estimate of drug-likeness (QED) is 0.706. The summed E-state index contributed by atoms with van der Waals surface area (Å²) in [5, 5.41) is 0.0145. The van der Waals surface area contributed by atoms with E-state index in [0.717, 1.165) is 12.8 Å². The molecule has 0 radical (unpaired) electrons. The van der Waals surface area contributed by atoms with Gasteiger partial charge in [0.15, 0.2) is 0 Å². The Balaban J connectivity index is 1.91. The Morgan fingerprint density at radius 3 is 2.18 bits per heavy atom. The van der Waals surface area contributed by atoms with Crippen molar-refractivity contribution >= 4 is 43.2 Å². The fourth-order valence-corrected chi connectivity index (χ4v) is 5.91. The zero-order valence-electron chi connectivity index (χ0n) is 14.6. The summed E-state index contributed by atoms with van der Waals surface area (Å²) in [5.74, 6) is -0.675. The number of primary amides is 1. The molecule has 0 saturated carbocycles. The van der Waals surface area contributed by atoms with Crippen LogP contribution in [0.15, 0.2) is 52.3 Å². The zero-order valence-corrected chi connectivity index (χ0v) is 17.0. The number of anilines is 1. The van der Waals surface area contributed by atoms with E-state index in [9.17, 15) is 21.6 Å². The molecule has 28 heavy (non-hydrogen) atoms. The average molecular weight is 444 g/mol. The number of amides is 1. The Morgan fingerprint density at radius 1 is 1.00 bits per heavy atom. The Labute approximate surface area is 168 Å². The maximum absolute atomic E-state index is 12.8. The third-order valence-corrected chi connectivity index (χ3v) is 8.09. The molecule has 1 amide bonds. The van der Waals surface area contributed by atoms with E-state index in [4.69, 9.17) is 17.3 Å². The lowest BCUT2D eigenvalue weighted by molar-refractivity contribution is 0.1000. The van der Waals surface area contributed by atoms with E-state index >= 15 is 0 Å². The first-order chi connectivity index (χ1) is 13.1. The number of carbonyl (C=O) groups is 1. The minimum absolute atomic E-state index is 0.0145. The van der Waals surface area contributed by atoms with Crippen molar-refractivity contribution in [2.45, 2.75) is 22.6 Å². The molecule has 3 rings (SSSR count). The Kier molecular flexibility index (Phi) is 5.67. The topological polar surface area (TPSA) is 127 Å². The highest BCUT2D eigenvalue weighted by Crippen LogP contribution is 2.30. The molecule has 0 aromatic heterocycles. The SMILES string of the molecule is NC(=O)c1ccc(S(=O)(=O)Nc2ccc(Cl)c(S(=O)(=O)N3CCCC3)c2)cc1. The summed E-state index contributed by atoms with van der Waals surface area (Å²) < 4.78 is 54.3. The second kappa shape index (κ2) is 7.70. The van der Waals surface area contributed by atoms with Crippen molar-refractivity contribution in [1.82, 2.24) is 4.31 Å². The fourth-order valence-electron chi connectivity index (χ4n) is 2.84. The molecule has 11 heteroatoms. The number of hydrogen-bond donors (Lipinski definition) is 2. The summed E-state index contributed by atoms with van der Waals surface area (Å²) in [4.78, 5) is 10.9. The van der Waals surface area contributed by atoms with Crippen molar-refractivity contribution in [3.05, 3.63) is 53.1 Å². The maximum atomic E-state index is 12.8. The van der Waals surface area contributed by atoms with Crippen LogP contribution in [0.3, 0.4) is 0 Å². The molecule has 1 heterocycles. The summed E-state index contributed by atoms with van der Waals surface area (Å²) in [6.07, 6.45) is 1.54. The second-order valence-electron chi connectivity index (χ2n) is 6.25. The van der Waals surface area contributed by atoms with Crippen LogP contribution in [0, 0.1) is 0 Å². The zero-order chi connectivity index (χ0) is 20.5. The molecule has 2 aromatic rings. The van der Waals surface area contributed by atoms with Crippen LogP contribution >= 0.6 is 11.6 Å². The van der Waals surface area contributed by atoms with Crippen molar-refractivity contribution in [3.8, 4) is 0 Å². The van der Waals surface area contributed by atoms with Gasteiger partial charge in [-0.25, -0.2) is 16.8 Å². The number of nitrogens with two attached hydrogens (primary N) is 1. The summed E-state index contributed by atoms with van der Waals surface area (Å²) in [6, 6.07) is 8.97. The second-order valence-corrected chi connectivity index (χ2v) is 10.2. The van der Waals surface area contributed by atoms with E-state index in [2.05, 4.69) is 4.72 Å². The van der Waals surface area contributed by atoms with E-state index in [1.807, 2.05) is 0 Å². The first kappa shape index (κ1) is 20.6. The number of carbonyl (C=O) groups excluding carboxylic acids is 1. The number of rotatable bonds is 6. The van der Waals surface area contributed by atoms with Crippen molar-refractivity contribution in [3.63, 3.8) is 0 Å². The van der Waals surface area contributed by atoms with E-state index in [1.165, 1.54) is 46.8 Å². The molecule has 0 bridgehead atoms. The van der Waals surface area contributed by atoms with Gasteiger partial charge in [0.25, 0.3) is 10.0 Å². The van der Waals surface area contributed by atoms with Crippen LogP contribution < -0.4 is 10.5 Å². The standard InChI is InChI=1S/C17H18ClN3O5S2/c18-15-8-5-13(11-16(15)28(25,26)21-9-1-2-10-21)20-27(23,24)14-6-3-12(4-7-14)17(19)22/h3-8,11,20H,1-2,9-10H2,(H2,19,22). The van der Waals surface area contributed by atoms with Gasteiger partial charge in [-0.1, -0.05) is 11.6 Å². The highest BCUT2D eigenvalue weighted by Gasteiger charge is 2.29. The summed E-state index contributed by atoms with van der Waals surface area (Å²) in [6.45, 7) is 0.807. The van der Waals surface area contributed by atoms with Crippen molar-refractivity contribution in [1.29, 1.82) is 0 Å². The first-order valence-electron chi connectivity index (χ1n) is 8.34. The van der Waals surface area contributed by atoms with Crippen molar-refractivity contribution in [2.75, 3.05) is 17.8 Å². The molecular formula is C17H18ClN3O5S2. The van der Waals surface area contributed by atoms with Crippen LogP contribution in [0.2, 0.25) is 5.02 Å². The van der Waals surface area contributed by atoms with Crippen LogP contribution in [0.4, 0.5) is 5.69 Å². The van der Waals surface area contributed by atoms with Gasteiger partial charge in [-0.2, -0.15) is 4.31 Å². The number of benzene rings is 2. The number of halogens is 1. The minimum atomic E-state index is -4.00. The third kappa shape index (κ3) is 4.14. The van der Waals surface area contributed by atoms with Gasteiger partial charge in [-0.05, 0) is 55.3 Å². The molecule has 0 aliphatic carbocycles. The Morgan fingerprint density at radius 2 is 1.61 bits per heavy atom. The molecule has 150 valence electrons. The van der Waals surface area contributed by atoms with Gasteiger partial charge in [0.1, 0.15) is 4.90 Å². The minimum Gasteiger partial charge on any atom is -0.366 e.